The summed E-state index contributed by atoms with van der Waals surface area (Å²) in [5.74, 6) is -0.357. The SMILES string of the molecule is CN(CCc1ccccn1)C(=O)c1ccccc1NC(=O)c1ccsc1. The summed E-state index contributed by atoms with van der Waals surface area (Å²) in [4.78, 5) is 31.0. The van der Waals surface area contributed by atoms with Gasteiger partial charge >= 0.3 is 0 Å². The molecular formula is C20H19N3O2S. The standard InChI is InChI=1S/C20H19N3O2S/c1-23(12-9-16-6-4-5-11-21-16)20(25)17-7-2-3-8-18(17)22-19(24)15-10-13-26-14-15/h2-8,10-11,13-14H,9,12H2,1H3,(H,22,24). The van der Waals surface area contributed by atoms with Crippen molar-refractivity contribution in [3.63, 3.8) is 0 Å². The van der Waals surface area contributed by atoms with Gasteiger partial charge in [0.2, 0.25) is 0 Å². The number of rotatable bonds is 6. The van der Waals surface area contributed by atoms with Crippen LogP contribution in [0.2, 0.25) is 0 Å². The summed E-state index contributed by atoms with van der Waals surface area (Å²) in [7, 11) is 1.75. The lowest BCUT2D eigenvalue weighted by atomic mass is 10.1. The first-order valence-electron chi connectivity index (χ1n) is 8.23. The second-order valence-corrected chi connectivity index (χ2v) is 6.59. The number of likely N-dealkylation sites (N-methyl/N-ethyl adjacent to an activating group) is 1. The summed E-state index contributed by atoms with van der Waals surface area (Å²) in [6, 6.07) is 14.5. The summed E-state index contributed by atoms with van der Waals surface area (Å²) in [5.41, 5.74) is 2.50. The first-order chi connectivity index (χ1) is 12.6. The van der Waals surface area contributed by atoms with Gasteiger partial charge in [-0.05, 0) is 35.7 Å². The van der Waals surface area contributed by atoms with Crippen molar-refractivity contribution in [2.45, 2.75) is 6.42 Å². The van der Waals surface area contributed by atoms with Crippen molar-refractivity contribution in [1.29, 1.82) is 0 Å². The average Bonchev–Trinajstić information content (AvgIpc) is 3.22. The zero-order valence-corrected chi connectivity index (χ0v) is 15.2. The molecule has 2 heterocycles. The van der Waals surface area contributed by atoms with Crippen molar-refractivity contribution in [2.75, 3.05) is 18.9 Å². The summed E-state index contributed by atoms with van der Waals surface area (Å²) in [5, 5.41) is 6.45. The lowest BCUT2D eigenvalue weighted by Gasteiger charge is -2.19. The molecule has 6 heteroatoms. The molecule has 1 N–H and O–H groups in total. The maximum atomic E-state index is 12.8. The quantitative estimate of drug-likeness (QED) is 0.724. The number of aromatic nitrogens is 1. The van der Waals surface area contributed by atoms with Crippen LogP contribution in [0.15, 0.2) is 65.5 Å². The second kappa shape index (κ2) is 8.40. The van der Waals surface area contributed by atoms with Gasteiger partial charge in [-0.2, -0.15) is 11.3 Å². The molecule has 2 aromatic heterocycles. The lowest BCUT2D eigenvalue weighted by molar-refractivity contribution is 0.0797. The van der Waals surface area contributed by atoms with E-state index in [-0.39, 0.29) is 11.8 Å². The van der Waals surface area contributed by atoms with E-state index in [1.165, 1.54) is 11.3 Å². The van der Waals surface area contributed by atoms with Crippen LogP contribution in [0, 0.1) is 0 Å². The van der Waals surface area contributed by atoms with Gasteiger partial charge in [0.25, 0.3) is 11.8 Å². The Labute approximate surface area is 156 Å². The van der Waals surface area contributed by atoms with Gasteiger partial charge in [-0.15, -0.1) is 0 Å². The molecule has 2 amide bonds. The highest BCUT2D eigenvalue weighted by molar-refractivity contribution is 7.08. The van der Waals surface area contributed by atoms with E-state index >= 15 is 0 Å². The molecule has 0 atom stereocenters. The Balaban J connectivity index is 1.69. The molecule has 1 aromatic carbocycles. The minimum Gasteiger partial charge on any atom is -0.341 e. The Bertz CT molecular complexity index is 879. The van der Waals surface area contributed by atoms with Crippen LogP contribution in [-0.2, 0) is 6.42 Å². The van der Waals surface area contributed by atoms with Crippen LogP contribution in [0.4, 0.5) is 5.69 Å². The lowest BCUT2D eigenvalue weighted by Crippen LogP contribution is -2.30. The fourth-order valence-electron chi connectivity index (χ4n) is 2.50. The zero-order chi connectivity index (χ0) is 18.4. The van der Waals surface area contributed by atoms with Crippen LogP contribution < -0.4 is 5.32 Å². The van der Waals surface area contributed by atoms with Crippen LogP contribution in [0.3, 0.4) is 0 Å². The molecule has 0 aliphatic heterocycles. The number of benzene rings is 1. The number of pyridine rings is 1. The number of para-hydroxylation sites is 1. The Morgan fingerprint density at radius 2 is 1.92 bits per heavy atom. The van der Waals surface area contributed by atoms with Crippen LogP contribution >= 0.6 is 11.3 Å². The summed E-state index contributed by atoms with van der Waals surface area (Å²) < 4.78 is 0. The third-order valence-electron chi connectivity index (χ3n) is 3.97. The Hall–Kier alpha value is -2.99. The van der Waals surface area contributed by atoms with Gasteiger partial charge in [-0.1, -0.05) is 18.2 Å². The van der Waals surface area contributed by atoms with E-state index in [0.717, 1.165) is 5.69 Å². The molecule has 0 unspecified atom stereocenters. The average molecular weight is 365 g/mol. The van der Waals surface area contributed by atoms with Crippen molar-refractivity contribution in [2.24, 2.45) is 0 Å². The van der Waals surface area contributed by atoms with E-state index in [0.29, 0.717) is 29.8 Å². The van der Waals surface area contributed by atoms with E-state index in [9.17, 15) is 9.59 Å². The van der Waals surface area contributed by atoms with Gasteiger partial charge in [-0.25, -0.2) is 0 Å². The predicted molar refractivity (Wildman–Crippen MR) is 104 cm³/mol. The summed E-state index contributed by atoms with van der Waals surface area (Å²) in [6.07, 6.45) is 2.42. The first kappa shape index (κ1) is 17.8. The number of carbonyl (C=O) groups excluding carboxylic acids is 2. The van der Waals surface area contributed by atoms with Gasteiger partial charge in [0.15, 0.2) is 0 Å². The molecule has 0 radical (unpaired) electrons. The largest absolute Gasteiger partial charge is 0.341 e. The molecule has 0 aliphatic rings. The highest BCUT2D eigenvalue weighted by Crippen LogP contribution is 2.19. The van der Waals surface area contributed by atoms with Crippen molar-refractivity contribution < 1.29 is 9.59 Å². The highest BCUT2D eigenvalue weighted by Gasteiger charge is 2.17. The van der Waals surface area contributed by atoms with Gasteiger partial charge < -0.3 is 10.2 Å². The maximum Gasteiger partial charge on any atom is 0.256 e. The Morgan fingerprint density at radius 1 is 1.12 bits per heavy atom. The predicted octanol–water partition coefficient (Wildman–Crippen LogP) is 3.71. The number of hydrogen-bond acceptors (Lipinski definition) is 4. The third-order valence-corrected chi connectivity index (χ3v) is 4.65. The number of nitrogens with one attached hydrogen (secondary N) is 1. The molecule has 0 bridgehead atoms. The molecule has 0 aliphatic carbocycles. The Morgan fingerprint density at radius 3 is 2.65 bits per heavy atom. The Kier molecular flexibility index (Phi) is 5.76. The van der Waals surface area contributed by atoms with Gasteiger partial charge in [0.05, 0.1) is 16.8 Å². The molecule has 0 saturated heterocycles. The molecule has 0 spiro atoms. The topological polar surface area (TPSA) is 62.3 Å². The molecule has 132 valence electrons. The fourth-order valence-corrected chi connectivity index (χ4v) is 3.14. The minimum atomic E-state index is -0.220. The summed E-state index contributed by atoms with van der Waals surface area (Å²) >= 11 is 1.46. The summed E-state index contributed by atoms with van der Waals surface area (Å²) in [6.45, 7) is 0.544. The smallest absolute Gasteiger partial charge is 0.256 e. The van der Waals surface area contributed by atoms with E-state index in [4.69, 9.17) is 0 Å². The molecule has 3 rings (SSSR count). The molecule has 26 heavy (non-hydrogen) atoms. The number of carbonyl (C=O) groups is 2. The van der Waals surface area contributed by atoms with Crippen LogP contribution in [0.5, 0.6) is 0 Å². The molecule has 5 nitrogen and oxygen atoms in total. The zero-order valence-electron chi connectivity index (χ0n) is 14.4. The number of hydrogen-bond donors (Lipinski definition) is 1. The molecular weight excluding hydrogens is 346 g/mol. The minimum absolute atomic E-state index is 0.137. The number of anilines is 1. The van der Waals surface area contributed by atoms with Gasteiger partial charge in [-0.3, -0.25) is 14.6 Å². The third kappa shape index (κ3) is 4.34. The maximum absolute atomic E-state index is 12.8. The number of thiophene rings is 1. The van der Waals surface area contributed by atoms with Crippen LogP contribution in [0.1, 0.15) is 26.4 Å². The molecule has 3 aromatic rings. The highest BCUT2D eigenvalue weighted by atomic mass is 32.1. The van der Waals surface area contributed by atoms with Crippen molar-refractivity contribution in [3.05, 3.63) is 82.3 Å². The van der Waals surface area contributed by atoms with Gasteiger partial charge in [0, 0.05) is 37.3 Å². The van der Waals surface area contributed by atoms with E-state index < -0.39 is 0 Å². The molecule has 0 fully saturated rings. The second-order valence-electron chi connectivity index (χ2n) is 5.81. The van der Waals surface area contributed by atoms with Crippen molar-refractivity contribution >= 4 is 28.8 Å². The number of nitrogens with zero attached hydrogens (tertiary/aromatic N) is 2. The van der Waals surface area contributed by atoms with Crippen LogP contribution in [-0.4, -0.2) is 35.3 Å². The first-order valence-corrected chi connectivity index (χ1v) is 9.17. The van der Waals surface area contributed by atoms with E-state index in [1.54, 1.807) is 53.9 Å². The normalized spacial score (nSPS) is 10.3. The fraction of sp³-hybridized carbons (Fsp3) is 0.150. The van der Waals surface area contributed by atoms with E-state index in [1.807, 2.05) is 23.6 Å². The van der Waals surface area contributed by atoms with Gasteiger partial charge in [0.1, 0.15) is 0 Å². The van der Waals surface area contributed by atoms with Crippen molar-refractivity contribution in [1.82, 2.24) is 9.88 Å². The van der Waals surface area contributed by atoms with Crippen molar-refractivity contribution in [3.8, 4) is 0 Å². The number of amides is 2. The van der Waals surface area contributed by atoms with E-state index in [2.05, 4.69) is 10.3 Å². The monoisotopic (exact) mass is 365 g/mol. The molecule has 0 saturated carbocycles. The van der Waals surface area contributed by atoms with Crippen LogP contribution in [0.25, 0.3) is 0 Å².